The summed E-state index contributed by atoms with van der Waals surface area (Å²) < 4.78 is 12.9. The van der Waals surface area contributed by atoms with Crippen molar-refractivity contribution in [3.8, 4) is 28.4 Å². The molecule has 1 aliphatic rings. The van der Waals surface area contributed by atoms with Gasteiger partial charge in [-0.05, 0) is 30.3 Å². The van der Waals surface area contributed by atoms with Gasteiger partial charge in [0.25, 0.3) is 0 Å². The summed E-state index contributed by atoms with van der Waals surface area (Å²) in [4.78, 5) is 25.2. The van der Waals surface area contributed by atoms with Crippen LogP contribution in [0.15, 0.2) is 85.1 Å². The Labute approximate surface area is 203 Å². The number of para-hydroxylation sites is 1. The van der Waals surface area contributed by atoms with Gasteiger partial charge in [0.05, 0.1) is 11.4 Å². The van der Waals surface area contributed by atoms with Gasteiger partial charge in [-0.2, -0.15) is 5.10 Å². The van der Waals surface area contributed by atoms with E-state index in [1.54, 1.807) is 18.2 Å². The van der Waals surface area contributed by atoms with Crippen molar-refractivity contribution in [2.45, 2.75) is 19.4 Å². The number of Topliss-reactive ketones (excluding diaryl/α,β-unsaturated/α-hetero) is 1. The second-order valence-corrected chi connectivity index (χ2v) is 8.21. The Bertz CT molecular complexity index is 1330. The molecular weight excluding hydrogens is 442 g/mol. The third-order valence-electron chi connectivity index (χ3n) is 5.78. The minimum Gasteiger partial charge on any atom is -0.486 e. The number of carbonyl (C=O) groups is 2. The molecule has 176 valence electrons. The highest BCUT2D eigenvalue weighted by molar-refractivity contribution is 5.98. The Morgan fingerprint density at radius 1 is 0.857 bits per heavy atom. The van der Waals surface area contributed by atoms with Crippen molar-refractivity contribution in [1.82, 2.24) is 15.1 Å². The third kappa shape index (κ3) is 5.24. The number of ether oxygens (including phenoxy) is 2. The number of ketones is 1. The first-order chi connectivity index (χ1) is 17.2. The lowest BCUT2D eigenvalue weighted by Crippen LogP contribution is -2.23. The van der Waals surface area contributed by atoms with Crippen molar-refractivity contribution in [2.75, 3.05) is 13.2 Å². The Kier molecular flexibility index (Phi) is 6.57. The van der Waals surface area contributed by atoms with Crippen molar-refractivity contribution >= 4 is 11.7 Å². The lowest BCUT2D eigenvalue weighted by Gasteiger charge is -2.18. The monoisotopic (exact) mass is 467 g/mol. The predicted molar refractivity (Wildman–Crippen MR) is 132 cm³/mol. The van der Waals surface area contributed by atoms with Crippen LogP contribution in [0.2, 0.25) is 0 Å². The van der Waals surface area contributed by atoms with Crippen molar-refractivity contribution in [3.63, 3.8) is 0 Å². The number of aromatic nitrogens is 2. The predicted octanol–water partition coefficient (Wildman–Crippen LogP) is 4.59. The van der Waals surface area contributed by atoms with E-state index in [4.69, 9.17) is 14.6 Å². The van der Waals surface area contributed by atoms with Crippen LogP contribution in [0.5, 0.6) is 11.5 Å². The molecular formula is C28H25N3O4. The quantitative estimate of drug-likeness (QED) is 0.383. The molecule has 0 unspecified atom stereocenters. The molecule has 7 heteroatoms. The molecule has 0 saturated heterocycles. The highest BCUT2D eigenvalue weighted by atomic mass is 16.6. The van der Waals surface area contributed by atoms with E-state index in [1.165, 1.54) is 0 Å². The maximum absolute atomic E-state index is 12.6. The minimum absolute atomic E-state index is 0.0980. The second-order valence-electron chi connectivity index (χ2n) is 8.21. The average molecular weight is 468 g/mol. The van der Waals surface area contributed by atoms with Crippen molar-refractivity contribution in [2.24, 2.45) is 0 Å². The molecule has 1 aromatic heterocycles. The van der Waals surface area contributed by atoms with Gasteiger partial charge in [-0.25, -0.2) is 4.68 Å². The summed E-state index contributed by atoms with van der Waals surface area (Å²) in [6.07, 6.45) is 2.14. The van der Waals surface area contributed by atoms with E-state index in [0.717, 1.165) is 22.5 Å². The molecule has 3 aromatic carbocycles. The molecule has 1 amide bonds. The van der Waals surface area contributed by atoms with Crippen molar-refractivity contribution in [1.29, 1.82) is 0 Å². The number of hydrogen-bond donors (Lipinski definition) is 1. The molecule has 35 heavy (non-hydrogen) atoms. The van der Waals surface area contributed by atoms with E-state index in [0.29, 0.717) is 36.8 Å². The van der Waals surface area contributed by atoms with Crippen molar-refractivity contribution in [3.05, 3.63) is 96.2 Å². The molecule has 1 aliphatic heterocycles. The average Bonchev–Trinajstić information content (AvgIpc) is 3.35. The van der Waals surface area contributed by atoms with Gasteiger partial charge in [-0.1, -0.05) is 48.5 Å². The summed E-state index contributed by atoms with van der Waals surface area (Å²) in [5.41, 5.74) is 4.12. The zero-order chi connectivity index (χ0) is 24.0. The van der Waals surface area contributed by atoms with Gasteiger partial charge in [0, 0.05) is 42.3 Å². The van der Waals surface area contributed by atoms with E-state index in [1.807, 2.05) is 71.5 Å². The summed E-state index contributed by atoms with van der Waals surface area (Å²) >= 11 is 0. The molecule has 5 rings (SSSR count). The molecule has 0 saturated carbocycles. The fourth-order valence-electron chi connectivity index (χ4n) is 3.96. The first-order valence-corrected chi connectivity index (χ1v) is 11.6. The number of benzene rings is 3. The third-order valence-corrected chi connectivity index (χ3v) is 5.78. The second kappa shape index (κ2) is 10.3. The van der Waals surface area contributed by atoms with Crippen LogP contribution < -0.4 is 14.8 Å². The molecule has 0 atom stereocenters. The number of nitrogens with one attached hydrogen (secondary N) is 1. The highest BCUT2D eigenvalue weighted by Crippen LogP contribution is 2.31. The summed E-state index contributed by atoms with van der Waals surface area (Å²) in [7, 11) is 0. The fraction of sp³-hybridized carbons (Fsp3) is 0.179. The Balaban J connectivity index is 1.24. The Morgan fingerprint density at radius 3 is 2.34 bits per heavy atom. The molecule has 1 N–H and O–H groups in total. The summed E-state index contributed by atoms with van der Waals surface area (Å²) in [5.74, 6) is 0.896. The van der Waals surface area contributed by atoms with E-state index in [2.05, 4.69) is 5.32 Å². The van der Waals surface area contributed by atoms with Crippen LogP contribution in [-0.2, 0) is 11.3 Å². The van der Waals surface area contributed by atoms with Crippen LogP contribution in [0, 0.1) is 0 Å². The SMILES string of the molecule is O=C(CCC(=O)c1ccc2c(c1)OCCO2)NCc1cn(-c2ccccc2)nc1-c1ccccc1. The standard InChI is InChI=1S/C28H25N3O4/c32-24(21-11-13-25-26(17-21)35-16-15-34-25)12-14-27(33)29-18-22-19-31(23-9-5-2-6-10-23)30-28(22)20-7-3-1-4-8-20/h1-11,13,17,19H,12,14-16,18H2,(H,29,33). The lowest BCUT2D eigenvalue weighted by atomic mass is 10.1. The molecule has 0 radical (unpaired) electrons. The highest BCUT2D eigenvalue weighted by Gasteiger charge is 2.17. The maximum Gasteiger partial charge on any atom is 0.220 e. The van der Waals surface area contributed by atoms with Crippen LogP contribution >= 0.6 is 0 Å². The lowest BCUT2D eigenvalue weighted by molar-refractivity contribution is -0.121. The number of nitrogens with zero attached hydrogens (tertiary/aromatic N) is 2. The molecule has 7 nitrogen and oxygen atoms in total. The Morgan fingerprint density at radius 2 is 1.57 bits per heavy atom. The van der Waals surface area contributed by atoms with Crippen LogP contribution in [0.1, 0.15) is 28.8 Å². The van der Waals surface area contributed by atoms with E-state index in [-0.39, 0.29) is 24.5 Å². The first kappa shape index (κ1) is 22.4. The van der Waals surface area contributed by atoms with Gasteiger partial charge in [-0.15, -0.1) is 0 Å². The summed E-state index contributed by atoms with van der Waals surface area (Å²) in [5, 5.41) is 7.71. The van der Waals surface area contributed by atoms with Crippen LogP contribution in [0.4, 0.5) is 0 Å². The fourth-order valence-corrected chi connectivity index (χ4v) is 3.96. The van der Waals surface area contributed by atoms with Gasteiger partial charge < -0.3 is 14.8 Å². The zero-order valence-corrected chi connectivity index (χ0v) is 19.1. The van der Waals surface area contributed by atoms with Gasteiger partial charge in [0.2, 0.25) is 5.91 Å². The molecule has 2 heterocycles. The van der Waals surface area contributed by atoms with E-state index < -0.39 is 0 Å². The number of hydrogen-bond acceptors (Lipinski definition) is 5. The van der Waals surface area contributed by atoms with Crippen molar-refractivity contribution < 1.29 is 19.1 Å². The number of fused-ring (bicyclic) bond motifs is 1. The van der Waals surface area contributed by atoms with Gasteiger partial charge in [0.1, 0.15) is 13.2 Å². The largest absolute Gasteiger partial charge is 0.486 e. The molecule has 0 fully saturated rings. The maximum atomic E-state index is 12.6. The van der Waals surface area contributed by atoms with Crippen LogP contribution in [0.3, 0.4) is 0 Å². The van der Waals surface area contributed by atoms with Gasteiger partial charge in [-0.3, -0.25) is 9.59 Å². The molecule has 0 spiro atoms. The topological polar surface area (TPSA) is 82.5 Å². The Hall–Kier alpha value is -4.39. The molecule has 4 aromatic rings. The first-order valence-electron chi connectivity index (χ1n) is 11.6. The normalized spacial score (nSPS) is 12.2. The number of carbonyl (C=O) groups excluding carboxylic acids is 2. The van der Waals surface area contributed by atoms with Crippen LogP contribution in [0.25, 0.3) is 16.9 Å². The molecule has 0 bridgehead atoms. The van der Waals surface area contributed by atoms with Crippen LogP contribution in [-0.4, -0.2) is 34.7 Å². The zero-order valence-electron chi connectivity index (χ0n) is 19.1. The summed E-state index contributed by atoms with van der Waals surface area (Å²) in [6, 6.07) is 24.8. The summed E-state index contributed by atoms with van der Waals surface area (Å²) in [6.45, 7) is 1.27. The number of amides is 1. The van der Waals surface area contributed by atoms with Gasteiger partial charge >= 0.3 is 0 Å². The van der Waals surface area contributed by atoms with Gasteiger partial charge in [0.15, 0.2) is 17.3 Å². The smallest absolute Gasteiger partial charge is 0.220 e. The minimum atomic E-state index is -0.192. The number of rotatable bonds is 8. The van der Waals surface area contributed by atoms with E-state index >= 15 is 0 Å². The van der Waals surface area contributed by atoms with E-state index in [9.17, 15) is 9.59 Å². The molecule has 0 aliphatic carbocycles.